The SMILES string of the molecule is CCCS(=O)(=O)c1ccc(C(CC)CCC(C)N)cc1. The van der Waals surface area contributed by atoms with Crippen molar-refractivity contribution in [2.75, 3.05) is 5.75 Å². The van der Waals surface area contributed by atoms with Gasteiger partial charge in [0.15, 0.2) is 9.84 Å². The van der Waals surface area contributed by atoms with Gasteiger partial charge in [0.2, 0.25) is 0 Å². The summed E-state index contributed by atoms with van der Waals surface area (Å²) in [4.78, 5) is 0.435. The molecule has 0 aliphatic rings. The van der Waals surface area contributed by atoms with Gasteiger partial charge in [-0.3, -0.25) is 0 Å². The lowest BCUT2D eigenvalue weighted by Gasteiger charge is -2.17. The second kappa shape index (κ2) is 7.79. The zero-order valence-corrected chi connectivity index (χ0v) is 13.6. The van der Waals surface area contributed by atoms with Crippen LogP contribution in [0.2, 0.25) is 0 Å². The highest BCUT2D eigenvalue weighted by atomic mass is 32.2. The van der Waals surface area contributed by atoms with E-state index < -0.39 is 9.84 Å². The first kappa shape index (κ1) is 17.2. The fraction of sp³-hybridized carbons (Fsp3) is 0.625. The Bertz CT molecular complexity index is 492. The van der Waals surface area contributed by atoms with Gasteiger partial charge in [0.1, 0.15) is 0 Å². The van der Waals surface area contributed by atoms with E-state index in [1.165, 1.54) is 5.56 Å². The predicted molar refractivity (Wildman–Crippen MR) is 84.7 cm³/mol. The fourth-order valence-electron chi connectivity index (χ4n) is 2.40. The van der Waals surface area contributed by atoms with Crippen molar-refractivity contribution >= 4 is 9.84 Å². The van der Waals surface area contributed by atoms with Gasteiger partial charge < -0.3 is 5.73 Å². The van der Waals surface area contributed by atoms with Crippen LogP contribution in [-0.2, 0) is 9.84 Å². The Morgan fingerprint density at radius 3 is 2.15 bits per heavy atom. The maximum absolute atomic E-state index is 12.0. The van der Waals surface area contributed by atoms with Crippen LogP contribution in [0, 0.1) is 0 Å². The Morgan fingerprint density at radius 1 is 1.10 bits per heavy atom. The molecule has 1 rings (SSSR count). The van der Waals surface area contributed by atoms with Crippen LogP contribution in [0.1, 0.15) is 57.9 Å². The summed E-state index contributed by atoms with van der Waals surface area (Å²) in [7, 11) is -3.11. The van der Waals surface area contributed by atoms with Crippen LogP contribution in [0.3, 0.4) is 0 Å². The van der Waals surface area contributed by atoms with E-state index in [1.807, 2.05) is 26.0 Å². The average Bonchev–Trinajstić information content (AvgIpc) is 2.39. The van der Waals surface area contributed by atoms with E-state index in [-0.39, 0.29) is 11.8 Å². The Balaban J connectivity index is 2.84. The van der Waals surface area contributed by atoms with Crippen molar-refractivity contribution in [1.29, 1.82) is 0 Å². The Labute approximate surface area is 123 Å². The maximum Gasteiger partial charge on any atom is 0.178 e. The van der Waals surface area contributed by atoms with Crippen molar-refractivity contribution in [2.45, 2.75) is 63.3 Å². The van der Waals surface area contributed by atoms with Gasteiger partial charge in [0.05, 0.1) is 10.6 Å². The highest BCUT2D eigenvalue weighted by Crippen LogP contribution is 2.26. The molecule has 0 aliphatic heterocycles. The molecule has 2 N–H and O–H groups in total. The summed E-state index contributed by atoms with van der Waals surface area (Å²) in [5.41, 5.74) is 7.02. The normalized spacial score (nSPS) is 15.0. The molecule has 0 aromatic heterocycles. The second-order valence-corrected chi connectivity index (χ2v) is 7.66. The highest BCUT2D eigenvalue weighted by Gasteiger charge is 2.15. The lowest BCUT2D eigenvalue weighted by Crippen LogP contribution is -2.15. The van der Waals surface area contributed by atoms with E-state index in [4.69, 9.17) is 5.73 Å². The smallest absolute Gasteiger partial charge is 0.178 e. The molecule has 20 heavy (non-hydrogen) atoms. The first-order valence-electron chi connectivity index (χ1n) is 7.49. The van der Waals surface area contributed by atoms with E-state index in [0.717, 1.165) is 19.3 Å². The van der Waals surface area contributed by atoms with Crippen LogP contribution in [0.25, 0.3) is 0 Å². The molecule has 2 unspecified atom stereocenters. The zero-order valence-electron chi connectivity index (χ0n) is 12.8. The topological polar surface area (TPSA) is 60.2 Å². The number of sulfone groups is 1. The molecular formula is C16H27NO2S. The molecule has 0 heterocycles. The van der Waals surface area contributed by atoms with Gasteiger partial charge in [-0.25, -0.2) is 8.42 Å². The molecule has 2 atom stereocenters. The minimum absolute atomic E-state index is 0.216. The van der Waals surface area contributed by atoms with Gasteiger partial charge in [0, 0.05) is 6.04 Å². The monoisotopic (exact) mass is 297 g/mol. The van der Waals surface area contributed by atoms with Crippen molar-refractivity contribution in [3.8, 4) is 0 Å². The molecule has 3 nitrogen and oxygen atoms in total. The van der Waals surface area contributed by atoms with E-state index in [0.29, 0.717) is 17.2 Å². The third kappa shape index (κ3) is 4.91. The van der Waals surface area contributed by atoms with Crippen molar-refractivity contribution in [3.05, 3.63) is 29.8 Å². The molecule has 0 radical (unpaired) electrons. The molecular weight excluding hydrogens is 270 g/mol. The van der Waals surface area contributed by atoms with Crippen molar-refractivity contribution in [2.24, 2.45) is 5.73 Å². The molecule has 0 spiro atoms. The van der Waals surface area contributed by atoms with Crippen LogP contribution in [-0.4, -0.2) is 20.2 Å². The molecule has 0 bridgehead atoms. The largest absolute Gasteiger partial charge is 0.328 e. The third-order valence-electron chi connectivity index (χ3n) is 3.65. The highest BCUT2D eigenvalue weighted by molar-refractivity contribution is 7.91. The summed E-state index contributed by atoms with van der Waals surface area (Å²) >= 11 is 0. The number of nitrogens with two attached hydrogens (primary N) is 1. The Hall–Kier alpha value is -0.870. The van der Waals surface area contributed by atoms with Gasteiger partial charge in [-0.1, -0.05) is 26.0 Å². The van der Waals surface area contributed by atoms with Crippen LogP contribution in [0.4, 0.5) is 0 Å². The van der Waals surface area contributed by atoms with E-state index >= 15 is 0 Å². The van der Waals surface area contributed by atoms with Gasteiger partial charge >= 0.3 is 0 Å². The van der Waals surface area contributed by atoms with Crippen LogP contribution in [0.5, 0.6) is 0 Å². The summed E-state index contributed by atoms with van der Waals surface area (Å²) in [6, 6.07) is 7.62. The predicted octanol–water partition coefficient (Wildman–Crippen LogP) is 3.49. The van der Waals surface area contributed by atoms with Crippen molar-refractivity contribution in [1.82, 2.24) is 0 Å². The summed E-state index contributed by atoms with van der Waals surface area (Å²) in [5, 5.41) is 0. The van der Waals surface area contributed by atoms with Crippen molar-refractivity contribution < 1.29 is 8.42 Å². The number of benzene rings is 1. The lowest BCUT2D eigenvalue weighted by atomic mass is 9.91. The molecule has 1 aromatic carbocycles. The maximum atomic E-state index is 12.0. The summed E-state index contributed by atoms with van der Waals surface area (Å²) in [6.45, 7) is 6.06. The number of hydrogen-bond donors (Lipinski definition) is 1. The molecule has 1 aromatic rings. The molecule has 0 saturated carbocycles. The second-order valence-electron chi connectivity index (χ2n) is 5.55. The summed E-state index contributed by atoms with van der Waals surface area (Å²) in [5.74, 6) is 0.678. The van der Waals surface area contributed by atoms with Gasteiger partial charge in [-0.15, -0.1) is 0 Å². The number of hydrogen-bond acceptors (Lipinski definition) is 3. The van der Waals surface area contributed by atoms with Gasteiger partial charge in [0.25, 0.3) is 0 Å². The van der Waals surface area contributed by atoms with E-state index in [2.05, 4.69) is 6.92 Å². The first-order chi connectivity index (χ1) is 9.40. The fourth-order valence-corrected chi connectivity index (χ4v) is 3.73. The minimum Gasteiger partial charge on any atom is -0.328 e. The van der Waals surface area contributed by atoms with Gasteiger partial charge in [-0.05, 0) is 56.2 Å². The Morgan fingerprint density at radius 2 is 1.70 bits per heavy atom. The third-order valence-corrected chi connectivity index (χ3v) is 5.58. The summed E-state index contributed by atoms with van der Waals surface area (Å²) < 4.78 is 24.0. The quantitative estimate of drug-likeness (QED) is 0.799. The molecule has 0 fully saturated rings. The standard InChI is InChI=1S/C16H27NO2S/c1-4-12-20(18,19)16-10-8-15(9-11-16)14(5-2)7-6-13(3)17/h8-11,13-14H,4-7,12,17H2,1-3H3. The van der Waals surface area contributed by atoms with Crippen LogP contribution >= 0.6 is 0 Å². The molecule has 0 aliphatic carbocycles. The summed E-state index contributed by atoms with van der Waals surface area (Å²) in [6.07, 6.45) is 3.74. The zero-order chi connectivity index (χ0) is 15.2. The number of rotatable bonds is 8. The minimum atomic E-state index is -3.11. The van der Waals surface area contributed by atoms with Crippen LogP contribution in [0.15, 0.2) is 29.2 Å². The van der Waals surface area contributed by atoms with Gasteiger partial charge in [-0.2, -0.15) is 0 Å². The molecule has 0 amide bonds. The molecule has 4 heteroatoms. The van der Waals surface area contributed by atoms with Crippen LogP contribution < -0.4 is 5.73 Å². The van der Waals surface area contributed by atoms with E-state index in [9.17, 15) is 8.42 Å². The Kier molecular flexibility index (Phi) is 6.69. The van der Waals surface area contributed by atoms with E-state index in [1.54, 1.807) is 12.1 Å². The molecule has 0 saturated heterocycles. The average molecular weight is 297 g/mol. The van der Waals surface area contributed by atoms with Crippen molar-refractivity contribution in [3.63, 3.8) is 0 Å². The first-order valence-corrected chi connectivity index (χ1v) is 9.14. The lowest BCUT2D eigenvalue weighted by molar-refractivity contribution is 0.532. The molecule has 114 valence electrons.